The van der Waals surface area contributed by atoms with Gasteiger partial charge >= 0.3 is 0 Å². The van der Waals surface area contributed by atoms with E-state index in [0.29, 0.717) is 5.15 Å². The summed E-state index contributed by atoms with van der Waals surface area (Å²) in [6.45, 7) is 5.96. The lowest BCUT2D eigenvalue weighted by atomic mass is 10.2. The standard InChI is InChI=1S/C14H17ClN4/c1-4-12-18-13(15)9(2)14(19-12)17-10(3)11-7-5-6-8-16-11/h5-8,10H,4H2,1-3H3,(H,17,18,19). The number of anilines is 1. The lowest BCUT2D eigenvalue weighted by Gasteiger charge is -2.16. The summed E-state index contributed by atoms with van der Waals surface area (Å²) in [5.74, 6) is 1.52. The van der Waals surface area contributed by atoms with E-state index < -0.39 is 0 Å². The van der Waals surface area contributed by atoms with E-state index in [2.05, 4.69) is 20.3 Å². The van der Waals surface area contributed by atoms with Gasteiger partial charge in [-0.3, -0.25) is 4.98 Å². The molecule has 1 N–H and O–H groups in total. The second-order valence-electron chi connectivity index (χ2n) is 4.38. The average molecular weight is 277 g/mol. The minimum Gasteiger partial charge on any atom is -0.362 e. The zero-order valence-electron chi connectivity index (χ0n) is 11.3. The van der Waals surface area contributed by atoms with Gasteiger partial charge in [0.25, 0.3) is 0 Å². The highest BCUT2D eigenvalue weighted by Crippen LogP contribution is 2.23. The molecule has 0 radical (unpaired) electrons. The lowest BCUT2D eigenvalue weighted by molar-refractivity contribution is 0.819. The van der Waals surface area contributed by atoms with E-state index in [-0.39, 0.29) is 6.04 Å². The van der Waals surface area contributed by atoms with Gasteiger partial charge in [-0.25, -0.2) is 9.97 Å². The molecule has 4 nitrogen and oxygen atoms in total. The van der Waals surface area contributed by atoms with Gasteiger partial charge < -0.3 is 5.32 Å². The molecular weight excluding hydrogens is 260 g/mol. The Morgan fingerprint density at radius 3 is 2.74 bits per heavy atom. The van der Waals surface area contributed by atoms with Crippen molar-refractivity contribution in [2.45, 2.75) is 33.2 Å². The van der Waals surface area contributed by atoms with Crippen LogP contribution in [0.4, 0.5) is 5.82 Å². The third kappa shape index (κ3) is 3.20. The van der Waals surface area contributed by atoms with Gasteiger partial charge in [-0.2, -0.15) is 0 Å². The summed E-state index contributed by atoms with van der Waals surface area (Å²) in [7, 11) is 0. The monoisotopic (exact) mass is 276 g/mol. The summed E-state index contributed by atoms with van der Waals surface area (Å²) >= 11 is 6.12. The van der Waals surface area contributed by atoms with Gasteiger partial charge in [0, 0.05) is 18.2 Å². The second kappa shape index (κ2) is 5.97. The van der Waals surface area contributed by atoms with Crippen LogP contribution in [-0.2, 0) is 6.42 Å². The number of hydrogen-bond acceptors (Lipinski definition) is 4. The van der Waals surface area contributed by atoms with Crippen molar-refractivity contribution in [3.05, 3.63) is 46.6 Å². The number of aromatic nitrogens is 3. The van der Waals surface area contributed by atoms with Gasteiger partial charge in [0.2, 0.25) is 0 Å². The number of nitrogens with one attached hydrogen (secondary N) is 1. The molecule has 0 aromatic carbocycles. The lowest BCUT2D eigenvalue weighted by Crippen LogP contribution is -2.12. The first-order chi connectivity index (χ1) is 9.11. The Hall–Kier alpha value is -1.68. The summed E-state index contributed by atoms with van der Waals surface area (Å²) in [6, 6.07) is 5.92. The van der Waals surface area contributed by atoms with Gasteiger partial charge in [0.15, 0.2) is 0 Å². The van der Waals surface area contributed by atoms with Crippen molar-refractivity contribution in [3.63, 3.8) is 0 Å². The van der Waals surface area contributed by atoms with Gasteiger partial charge in [0.1, 0.15) is 16.8 Å². The number of rotatable bonds is 4. The molecule has 0 aliphatic carbocycles. The van der Waals surface area contributed by atoms with Crippen molar-refractivity contribution in [2.75, 3.05) is 5.32 Å². The zero-order valence-corrected chi connectivity index (χ0v) is 12.1. The molecule has 1 atom stereocenters. The highest BCUT2D eigenvalue weighted by atomic mass is 35.5. The van der Waals surface area contributed by atoms with Crippen LogP contribution in [0.5, 0.6) is 0 Å². The molecule has 1 unspecified atom stereocenters. The molecule has 2 aromatic rings. The maximum absolute atomic E-state index is 6.12. The maximum atomic E-state index is 6.12. The quantitative estimate of drug-likeness (QED) is 0.868. The van der Waals surface area contributed by atoms with Gasteiger partial charge in [-0.15, -0.1) is 0 Å². The summed E-state index contributed by atoms with van der Waals surface area (Å²) in [5.41, 5.74) is 1.83. The van der Waals surface area contributed by atoms with E-state index in [1.54, 1.807) is 6.20 Å². The fourth-order valence-electron chi connectivity index (χ4n) is 1.74. The third-order valence-electron chi connectivity index (χ3n) is 2.93. The molecule has 0 saturated carbocycles. The minimum atomic E-state index is 0.0653. The molecule has 100 valence electrons. The van der Waals surface area contributed by atoms with Crippen molar-refractivity contribution < 1.29 is 0 Å². The highest BCUT2D eigenvalue weighted by Gasteiger charge is 2.12. The van der Waals surface area contributed by atoms with Crippen molar-refractivity contribution in [3.8, 4) is 0 Å². The molecule has 0 fully saturated rings. The molecule has 0 aliphatic heterocycles. The molecule has 5 heteroatoms. The molecule has 0 spiro atoms. The van der Waals surface area contributed by atoms with Crippen LogP contribution in [0.3, 0.4) is 0 Å². The summed E-state index contributed by atoms with van der Waals surface area (Å²) in [4.78, 5) is 13.0. The van der Waals surface area contributed by atoms with Crippen LogP contribution >= 0.6 is 11.6 Å². The molecule has 2 rings (SSSR count). The van der Waals surface area contributed by atoms with Gasteiger partial charge in [-0.1, -0.05) is 24.6 Å². The first kappa shape index (κ1) is 13.7. The normalized spacial score (nSPS) is 12.2. The molecule has 0 bridgehead atoms. The highest BCUT2D eigenvalue weighted by molar-refractivity contribution is 6.30. The Morgan fingerprint density at radius 1 is 1.32 bits per heavy atom. The fourth-order valence-corrected chi connectivity index (χ4v) is 1.93. The number of halogens is 1. The molecular formula is C14H17ClN4. The van der Waals surface area contributed by atoms with Crippen LogP contribution in [-0.4, -0.2) is 15.0 Å². The van der Waals surface area contributed by atoms with Crippen molar-refractivity contribution in [1.29, 1.82) is 0 Å². The Bertz CT molecular complexity index is 557. The molecule has 2 heterocycles. The Morgan fingerprint density at radius 2 is 2.11 bits per heavy atom. The van der Waals surface area contributed by atoms with Crippen molar-refractivity contribution in [2.24, 2.45) is 0 Å². The molecule has 2 aromatic heterocycles. The van der Waals surface area contributed by atoms with E-state index in [9.17, 15) is 0 Å². The van der Waals surface area contributed by atoms with E-state index in [4.69, 9.17) is 11.6 Å². The molecule has 0 saturated heterocycles. The fraction of sp³-hybridized carbons (Fsp3) is 0.357. The number of hydrogen-bond donors (Lipinski definition) is 1. The Balaban J connectivity index is 2.26. The largest absolute Gasteiger partial charge is 0.362 e. The zero-order chi connectivity index (χ0) is 13.8. The number of pyridine rings is 1. The number of aryl methyl sites for hydroxylation is 1. The molecule has 0 amide bonds. The van der Waals surface area contributed by atoms with Crippen LogP contribution in [0.15, 0.2) is 24.4 Å². The Kier molecular flexibility index (Phi) is 4.32. The average Bonchev–Trinajstić information content (AvgIpc) is 2.44. The summed E-state index contributed by atoms with van der Waals surface area (Å²) in [5, 5.41) is 3.85. The molecule has 0 aliphatic rings. The minimum absolute atomic E-state index is 0.0653. The van der Waals surface area contributed by atoms with Gasteiger partial charge in [0.05, 0.1) is 11.7 Å². The van der Waals surface area contributed by atoms with Crippen LogP contribution in [0, 0.1) is 6.92 Å². The first-order valence-corrected chi connectivity index (χ1v) is 6.70. The maximum Gasteiger partial charge on any atom is 0.137 e. The van der Waals surface area contributed by atoms with E-state index in [1.165, 1.54) is 0 Å². The van der Waals surface area contributed by atoms with E-state index >= 15 is 0 Å². The van der Waals surface area contributed by atoms with Crippen molar-refractivity contribution in [1.82, 2.24) is 15.0 Å². The van der Waals surface area contributed by atoms with E-state index in [1.807, 2.05) is 39.0 Å². The van der Waals surface area contributed by atoms with Crippen LogP contribution in [0.25, 0.3) is 0 Å². The SMILES string of the molecule is CCc1nc(Cl)c(C)c(NC(C)c2ccccn2)n1. The Labute approximate surface area is 118 Å². The molecule has 19 heavy (non-hydrogen) atoms. The predicted octanol–water partition coefficient (Wildman–Crippen LogP) is 3.57. The topological polar surface area (TPSA) is 50.7 Å². The van der Waals surface area contributed by atoms with Crippen molar-refractivity contribution >= 4 is 17.4 Å². The smallest absolute Gasteiger partial charge is 0.137 e. The summed E-state index contributed by atoms with van der Waals surface area (Å²) < 4.78 is 0. The second-order valence-corrected chi connectivity index (χ2v) is 4.74. The van der Waals surface area contributed by atoms with Crippen LogP contribution in [0.2, 0.25) is 5.15 Å². The van der Waals surface area contributed by atoms with E-state index in [0.717, 1.165) is 29.3 Å². The summed E-state index contributed by atoms with van der Waals surface area (Å²) in [6.07, 6.45) is 2.54. The number of nitrogens with zero attached hydrogens (tertiary/aromatic N) is 3. The van der Waals surface area contributed by atoms with Gasteiger partial charge in [-0.05, 0) is 26.0 Å². The first-order valence-electron chi connectivity index (χ1n) is 6.32. The predicted molar refractivity (Wildman–Crippen MR) is 77.4 cm³/mol. The van der Waals surface area contributed by atoms with Crippen LogP contribution in [0.1, 0.15) is 37.0 Å². The van der Waals surface area contributed by atoms with Crippen LogP contribution < -0.4 is 5.32 Å². The third-order valence-corrected chi connectivity index (χ3v) is 3.30.